The number of carboxylic acids is 1. The van der Waals surface area contributed by atoms with Crippen LogP contribution in [0.2, 0.25) is 0 Å². The van der Waals surface area contributed by atoms with Crippen molar-refractivity contribution in [3.8, 4) is 0 Å². The van der Waals surface area contributed by atoms with Crippen LogP contribution in [0.25, 0.3) is 0 Å². The second kappa shape index (κ2) is 8.52. The normalized spacial score (nSPS) is 8.67. The summed E-state index contributed by atoms with van der Waals surface area (Å²) >= 11 is 0. The minimum absolute atomic E-state index is 0. The Hall–Kier alpha value is -0.580. The molecule has 4 nitrogen and oxygen atoms in total. The molecule has 5 heteroatoms. The molecule has 0 atom stereocenters. The summed E-state index contributed by atoms with van der Waals surface area (Å²) in [7, 11) is 0. The minimum atomic E-state index is -1.18. The average molecular weight is 180 g/mol. The third-order valence-corrected chi connectivity index (χ3v) is 0.705. The SMILES string of the molecule is C=CCOC(=O)/C=C\C(=O)O.[NaH]. The van der Waals surface area contributed by atoms with Crippen LogP contribution in [0.3, 0.4) is 0 Å². The third-order valence-electron chi connectivity index (χ3n) is 0.705. The zero-order valence-electron chi connectivity index (χ0n) is 5.82. The first-order chi connectivity index (χ1) is 5.16. The first-order valence-electron chi connectivity index (χ1n) is 2.85. The van der Waals surface area contributed by atoms with E-state index in [0.29, 0.717) is 6.08 Å². The molecule has 0 aromatic heterocycles. The first-order valence-corrected chi connectivity index (χ1v) is 2.85. The van der Waals surface area contributed by atoms with Crippen molar-refractivity contribution in [3.63, 3.8) is 0 Å². The average Bonchev–Trinajstić information content (AvgIpc) is 1.97. The summed E-state index contributed by atoms with van der Waals surface area (Å²) in [5, 5.41) is 8.07. The molecule has 0 aliphatic heterocycles. The van der Waals surface area contributed by atoms with E-state index in [1.54, 1.807) is 0 Å². The zero-order chi connectivity index (χ0) is 8.69. The molecule has 0 aliphatic rings. The van der Waals surface area contributed by atoms with Gasteiger partial charge in [-0.2, -0.15) is 0 Å². The maximum atomic E-state index is 10.5. The molecule has 0 saturated heterocycles. The molecule has 0 fully saturated rings. The summed E-state index contributed by atoms with van der Waals surface area (Å²) in [5.74, 6) is -1.87. The van der Waals surface area contributed by atoms with E-state index in [2.05, 4.69) is 11.3 Å². The number of carbonyl (C=O) groups excluding carboxylic acids is 1. The van der Waals surface area contributed by atoms with Gasteiger partial charge in [0.25, 0.3) is 0 Å². The van der Waals surface area contributed by atoms with Gasteiger partial charge in [-0.1, -0.05) is 12.7 Å². The molecule has 0 radical (unpaired) electrons. The second-order valence-electron chi connectivity index (χ2n) is 1.59. The van der Waals surface area contributed by atoms with Crippen LogP contribution in [0.1, 0.15) is 0 Å². The molecule has 0 spiro atoms. The summed E-state index contributed by atoms with van der Waals surface area (Å²) < 4.78 is 4.43. The van der Waals surface area contributed by atoms with Crippen molar-refractivity contribution in [3.05, 3.63) is 24.8 Å². The summed E-state index contributed by atoms with van der Waals surface area (Å²) in [6, 6.07) is 0. The molecule has 62 valence electrons. The van der Waals surface area contributed by atoms with Gasteiger partial charge in [0.05, 0.1) is 0 Å². The Labute approximate surface area is 92.2 Å². The molecule has 0 heterocycles. The second-order valence-corrected chi connectivity index (χ2v) is 1.59. The molecule has 1 N–H and O–H groups in total. The van der Waals surface area contributed by atoms with Crippen molar-refractivity contribution in [2.24, 2.45) is 0 Å². The van der Waals surface area contributed by atoms with Crippen molar-refractivity contribution < 1.29 is 19.4 Å². The van der Waals surface area contributed by atoms with Crippen LogP contribution in [0.4, 0.5) is 0 Å². The number of hydrogen-bond donors (Lipinski definition) is 1. The van der Waals surface area contributed by atoms with Crippen LogP contribution in [0.5, 0.6) is 0 Å². The van der Waals surface area contributed by atoms with Gasteiger partial charge in [-0.15, -0.1) is 0 Å². The summed E-state index contributed by atoms with van der Waals surface area (Å²) in [6.45, 7) is 3.40. The number of ether oxygens (including phenoxy) is 1. The van der Waals surface area contributed by atoms with Crippen molar-refractivity contribution >= 4 is 41.5 Å². The van der Waals surface area contributed by atoms with Gasteiger partial charge in [-0.05, 0) is 0 Å². The summed E-state index contributed by atoms with van der Waals surface area (Å²) in [4.78, 5) is 20.3. The molecule has 0 rings (SSSR count). The molecular weight excluding hydrogens is 171 g/mol. The van der Waals surface area contributed by atoms with E-state index in [9.17, 15) is 9.59 Å². The Bertz CT molecular complexity index is 198. The number of carbonyl (C=O) groups is 2. The Morgan fingerprint density at radius 3 is 2.42 bits per heavy atom. The fourth-order valence-corrected chi connectivity index (χ4v) is 0.329. The molecule has 12 heavy (non-hydrogen) atoms. The van der Waals surface area contributed by atoms with Crippen LogP contribution in [-0.4, -0.2) is 53.2 Å². The van der Waals surface area contributed by atoms with Gasteiger partial charge in [-0.3, -0.25) is 0 Å². The van der Waals surface area contributed by atoms with Crippen molar-refractivity contribution in [1.29, 1.82) is 0 Å². The monoisotopic (exact) mass is 180 g/mol. The Morgan fingerprint density at radius 1 is 1.42 bits per heavy atom. The quantitative estimate of drug-likeness (QED) is 0.279. The fraction of sp³-hybridized carbons (Fsp3) is 0.143. The van der Waals surface area contributed by atoms with Crippen LogP contribution >= 0.6 is 0 Å². The molecular formula is C7H9NaO4. The molecule has 0 unspecified atom stereocenters. The maximum absolute atomic E-state index is 10.5. The topological polar surface area (TPSA) is 63.6 Å². The van der Waals surface area contributed by atoms with Crippen LogP contribution in [-0.2, 0) is 14.3 Å². The number of carboxylic acid groups (broad SMARTS) is 1. The standard InChI is InChI=1S/C7H8O4.Na.H/c1-2-5-11-7(10)4-3-6(8)9;;/h2-4H,1,5H2,(H,8,9);;/b4-3-;;. The Morgan fingerprint density at radius 2 is 2.00 bits per heavy atom. The van der Waals surface area contributed by atoms with Crippen LogP contribution in [0, 0.1) is 0 Å². The Kier molecular flexibility index (Phi) is 9.92. The van der Waals surface area contributed by atoms with E-state index in [1.807, 2.05) is 0 Å². The number of rotatable bonds is 4. The molecule has 0 bridgehead atoms. The van der Waals surface area contributed by atoms with Gasteiger partial charge < -0.3 is 9.84 Å². The van der Waals surface area contributed by atoms with E-state index in [-0.39, 0.29) is 36.2 Å². The number of hydrogen-bond acceptors (Lipinski definition) is 3. The molecule has 0 saturated carbocycles. The van der Waals surface area contributed by atoms with Crippen molar-refractivity contribution in [2.45, 2.75) is 0 Å². The predicted octanol–water partition coefficient (Wildman–Crippen LogP) is -0.292. The van der Waals surface area contributed by atoms with Gasteiger partial charge in [0, 0.05) is 12.2 Å². The molecule has 0 aromatic carbocycles. The molecule has 0 amide bonds. The summed E-state index contributed by atoms with van der Waals surface area (Å²) in [6.07, 6.45) is 2.95. The first kappa shape index (κ1) is 14.0. The van der Waals surface area contributed by atoms with Gasteiger partial charge in [0.15, 0.2) is 0 Å². The third kappa shape index (κ3) is 9.42. The predicted molar refractivity (Wildman–Crippen MR) is 45.1 cm³/mol. The van der Waals surface area contributed by atoms with Crippen molar-refractivity contribution in [2.75, 3.05) is 6.61 Å². The van der Waals surface area contributed by atoms with Crippen molar-refractivity contribution in [1.82, 2.24) is 0 Å². The van der Waals surface area contributed by atoms with Gasteiger partial charge >= 0.3 is 41.5 Å². The van der Waals surface area contributed by atoms with E-state index in [0.717, 1.165) is 6.08 Å². The van der Waals surface area contributed by atoms with Gasteiger partial charge in [-0.25, -0.2) is 9.59 Å². The van der Waals surface area contributed by atoms with Crippen LogP contribution in [0.15, 0.2) is 24.8 Å². The summed E-state index contributed by atoms with van der Waals surface area (Å²) in [5.41, 5.74) is 0. The molecule has 0 aromatic rings. The Balaban J connectivity index is 0. The van der Waals surface area contributed by atoms with E-state index in [4.69, 9.17) is 5.11 Å². The van der Waals surface area contributed by atoms with E-state index < -0.39 is 11.9 Å². The number of aliphatic carboxylic acids is 1. The number of esters is 1. The van der Waals surface area contributed by atoms with Gasteiger partial charge in [0.2, 0.25) is 0 Å². The van der Waals surface area contributed by atoms with E-state index in [1.165, 1.54) is 6.08 Å². The van der Waals surface area contributed by atoms with Gasteiger partial charge in [0.1, 0.15) is 6.61 Å². The fourth-order valence-electron chi connectivity index (χ4n) is 0.329. The zero-order valence-corrected chi connectivity index (χ0v) is 5.82. The molecule has 0 aliphatic carbocycles. The van der Waals surface area contributed by atoms with Crippen LogP contribution < -0.4 is 0 Å². The van der Waals surface area contributed by atoms with E-state index >= 15 is 0 Å².